The van der Waals surface area contributed by atoms with E-state index in [4.69, 9.17) is 9.97 Å². The van der Waals surface area contributed by atoms with Crippen molar-refractivity contribution in [3.05, 3.63) is 84.2 Å². The smallest absolute Gasteiger partial charge is 0.144 e. The fourth-order valence-electron chi connectivity index (χ4n) is 5.87. The topological polar surface area (TPSA) is 30.7 Å². The van der Waals surface area contributed by atoms with Gasteiger partial charge in [0.25, 0.3) is 0 Å². The first-order valence-corrected chi connectivity index (χ1v) is 12.9. The summed E-state index contributed by atoms with van der Waals surface area (Å²) < 4.78 is 2.27. The second-order valence-electron chi connectivity index (χ2n) is 11.5. The highest BCUT2D eigenvalue weighted by atomic mass is 15.0. The lowest BCUT2D eigenvalue weighted by atomic mass is 9.82. The van der Waals surface area contributed by atoms with Crippen LogP contribution in [0, 0.1) is 5.92 Å². The van der Waals surface area contributed by atoms with E-state index >= 15 is 0 Å². The van der Waals surface area contributed by atoms with Gasteiger partial charge in [0.1, 0.15) is 12.0 Å². The van der Waals surface area contributed by atoms with Crippen LogP contribution in [0.3, 0.4) is 0 Å². The van der Waals surface area contributed by atoms with Gasteiger partial charge in [-0.05, 0) is 57.2 Å². The molecule has 0 N–H and O–H groups in total. The molecule has 4 aromatic carbocycles. The normalized spacial score (nSPS) is 12.5. The van der Waals surface area contributed by atoms with Gasteiger partial charge < -0.3 is 4.57 Å². The number of aromatic nitrogens is 3. The van der Waals surface area contributed by atoms with Gasteiger partial charge in [-0.2, -0.15) is 0 Å². The highest BCUT2D eigenvalue weighted by Gasteiger charge is 2.22. The lowest BCUT2D eigenvalue weighted by Crippen LogP contribution is -2.12. The largest absolute Gasteiger partial charge is 0.328 e. The van der Waals surface area contributed by atoms with Gasteiger partial charge in [0.15, 0.2) is 0 Å². The third kappa shape index (κ3) is 3.49. The summed E-state index contributed by atoms with van der Waals surface area (Å²) in [6, 6.07) is 24.5. The molecule has 0 fully saturated rings. The predicted octanol–water partition coefficient (Wildman–Crippen LogP) is 8.59. The number of rotatable bonds is 3. The number of fused-ring (bicyclic) bond motifs is 6. The van der Waals surface area contributed by atoms with Gasteiger partial charge in [-0.15, -0.1) is 0 Å². The van der Waals surface area contributed by atoms with Crippen molar-refractivity contribution in [3.8, 4) is 11.3 Å². The Hall–Kier alpha value is -3.72. The maximum atomic E-state index is 4.90. The first kappa shape index (κ1) is 22.7. The molecule has 0 aliphatic rings. The van der Waals surface area contributed by atoms with Crippen molar-refractivity contribution in [2.75, 3.05) is 0 Å². The summed E-state index contributed by atoms with van der Waals surface area (Å²) in [5.74, 6) is 0.587. The first-order chi connectivity index (χ1) is 17.2. The summed E-state index contributed by atoms with van der Waals surface area (Å²) >= 11 is 0. The zero-order valence-corrected chi connectivity index (χ0v) is 22.1. The Bertz CT molecular complexity index is 1780. The van der Waals surface area contributed by atoms with Crippen molar-refractivity contribution in [1.82, 2.24) is 14.5 Å². The summed E-state index contributed by atoms with van der Waals surface area (Å²) in [4.78, 5) is 9.68. The van der Waals surface area contributed by atoms with Crippen LogP contribution >= 0.6 is 0 Å². The minimum atomic E-state index is 0.0163. The summed E-state index contributed by atoms with van der Waals surface area (Å²) in [6.07, 6.45) is 2.77. The first-order valence-electron chi connectivity index (χ1n) is 12.9. The van der Waals surface area contributed by atoms with Crippen LogP contribution in [-0.4, -0.2) is 14.5 Å². The van der Waals surface area contributed by atoms with Crippen molar-refractivity contribution >= 4 is 43.5 Å². The molecule has 0 amide bonds. The maximum Gasteiger partial charge on any atom is 0.144 e. The molecule has 2 heterocycles. The standard InChI is InChI=1S/C33H33N3/c1-20(2)16-23-12-9-11-21-14-15-26-29-30(34-19-35-32(29)36(6)31(26)28(21)23)24-17-22-10-7-8-13-25(22)27(18-24)33(3,4)5/h7-15,17-20H,16H2,1-6H3. The van der Waals surface area contributed by atoms with Gasteiger partial charge in [0, 0.05) is 23.4 Å². The SMILES string of the molecule is CC(C)Cc1cccc2ccc3c4c(-c5cc(C(C)(C)C)c6ccccc6c5)ncnc4n(C)c3c12. The lowest BCUT2D eigenvalue weighted by molar-refractivity contribution is 0.596. The van der Waals surface area contributed by atoms with E-state index in [2.05, 4.69) is 113 Å². The minimum Gasteiger partial charge on any atom is -0.328 e. The molecule has 0 radical (unpaired) electrons. The number of nitrogens with zero attached hydrogens (tertiary/aromatic N) is 3. The molecule has 180 valence electrons. The van der Waals surface area contributed by atoms with Crippen LogP contribution in [0.1, 0.15) is 45.7 Å². The molecule has 6 aromatic rings. The molecule has 0 atom stereocenters. The van der Waals surface area contributed by atoms with E-state index in [9.17, 15) is 0 Å². The van der Waals surface area contributed by atoms with Crippen LogP contribution < -0.4 is 0 Å². The number of benzene rings is 4. The van der Waals surface area contributed by atoms with Gasteiger partial charge in [-0.1, -0.05) is 89.2 Å². The zero-order chi connectivity index (χ0) is 25.2. The van der Waals surface area contributed by atoms with Gasteiger partial charge in [0.2, 0.25) is 0 Å². The van der Waals surface area contributed by atoms with Crippen LogP contribution in [0.25, 0.3) is 54.7 Å². The molecule has 0 aliphatic heterocycles. The number of aryl methyl sites for hydroxylation is 1. The molecule has 0 saturated carbocycles. The Labute approximate surface area is 212 Å². The van der Waals surface area contributed by atoms with E-state index in [1.807, 2.05) is 0 Å². The minimum absolute atomic E-state index is 0.0163. The predicted molar refractivity (Wildman–Crippen MR) is 154 cm³/mol. The number of hydrogen-bond donors (Lipinski definition) is 0. The molecule has 6 rings (SSSR count). The average Bonchev–Trinajstić information content (AvgIpc) is 3.15. The summed E-state index contributed by atoms with van der Waals surface area (Å²) in [7, 11) is 2.15. The van der Waals surface area contributed by atoms with Crippen LogP contribution in [0.15, 0.2) is 73.1 Å². The monoisotopic (exact) mass is 471 g/mol. The van der Waals surface area contributed by atoms with Crippen LogP contribution in [0.2, 0.25) is 0 Å². The van der Waals surface area contributed by atoms with Gasteiger partial charge in [-0.3, -0.25) is 0 Å². The number of hydrogen-bond acceptors (Lipinski definition) is 2. The molecule has 2 aromatic heterocycles. The quantitative estimate of drug-likeness (QED) is 0.259. The van der Waals surface area contributed by atoms with Gasteiger partial charge in [0.05, 0.1) is 16.6 Å². The molecule has 0 bridgehead atoms. The Balaban J connectivity index is 1.73. The van der Waals surface area contributed by atoms with Crippen molar-refractivity contribution in [2.24, 2.45) is 13.0 Å². The lowest BCUT2D eigenvalue weighted by Gasteiger charge is -2.22. The summed E-state index contributed by atoms with van der Waals surface area (Å²) in [5.41, 5.74) is 7.13. The Morgan fingerprint density at radius 3 is 2.36 bits per heavy atom. The van der Waals surface area contributed by atoms with Crippen molar-refractivity contribution in [1.29, 1.82) is 0 Å². The second kappa shape index (κ2) is 8.16. The van der Waals surface area contributed by atoms with E-state index in [1.165, 1.54) is 43.6 Å². The van der Waals surface area contributed by atoms with Gasteiger partial charge >= 0.3 is 0 Å². The molecular weight excluding hydrogens is 438 g/mol. The van der Waals surface area contributed by atoms with Crippen LogP contribution in [-0.2, 0) is 18.9 Å². The Morgan fingerprint density at radius 2 is 1.58 bits per heavy atom. The zero-order valence-electron chi connectivity index (χ0n) is 22.1. The third-order valence-electron chi connectivity index (χ3n) is 7.43. The third-order valence-corrected chi connectivity index (χ3v) is 7.43. The maximum absolute atomic E-state index is 4.90. The molecule has 0 saturated heterocycles. The average molecular weight is 472 g/mol. The fraction of sp³-hybridized carbons (Fsp3) is 0.273. The Morgan fingerprint density at radius 1 is 0.806 bits per heavy atom. The summed E-state index contributed by atoms with van der Waals surface area (Å²) in [5, 5.41) is 7.52. The van der Waals surface area contributed by atoms with E-state index in [1.54, 1.807) is 6.33 Å². The van der Waals surface area contributed by atoms with Crippen molar-refractivity contribution in [2.45, 2.75) is 46.5 Å². The molecule has 3 heteroatoms. The molecule has 3 nitrogen and oxygen atoms in total. The van der Waals surface area contributed by atoms with Crippen LogP contribution in [0.5, 0.6) is 0 Å². The highest BCUT2D eigenvalue weighted by Crippen LogP contribution is 2.41. The summed E-state index contributed by atoms with van der Waals surface area (Å²) in [6.45, 7) is 11.4. The molecule has 0 spiro atoms. The van der Waals surface area contributed by atoms with Crippen molar-refractivity contribution in [3.63, 3.8) is 0 Å². The van der Waals surface area contributed by atoms with Gasteiger partial charge in [-0.25, -0.2) is 9.97 Å². The second-order valence-corrected chi connectivity index (χ2v) is 11.5. The highest BCUT2D eigenvalue weighted by molar-refractivity contribution is 6.21. The molecule has 36 heavy (non-hydrogen) atoms. The van der Waals surface area contributed by atoms with E-state index in [0.29, 0.717) is 5.92 Å². The Kier molecular flexibility index (Phi) is 5.15. The van der Waals surface area contributed by atoms with E-state index in [0.717, 1.165) is 28.7 Å². The van der Waals surface area contributed by atoms with E-state index < -0.39 is 0 Å². The molecular formula is C33H33N3. The molecule has 0 unspecified atom stereocenters. The molecule has 0 aliphatic carbocycles. The van der Waals surface area contributed by atoms with E-state index in [-0.39, 0.29) is 5.41 Å². The van der Waals surface area contributed by atoms with Crippen molar-refractivity contribution < 1.29 is 0 Å². The fourth-order valence-corrected chi connectivity index (χ4v) is 5.87. The van der Waals surface area contributed by atoms with Crippen LogP contribution in [0.4, 0.5) is 0 Å².